The summed E-state index contributed by atoms with van der Waals surface area (Å²) in [5, 5.41) is 2.87. The summed E-state index contributed by atoms with van der Waals surface area (Å²) < 4.78 is 5.06. The second-order valence-corrected chi connectivity index (χ2v) is 3.48. The first-order valence-electron chi connectivity index (χ1n) is 4.69. The van der Waals surface area contributed by atoms with Gasteiger partial charge in [-0.3, -0.25) is 4.79 Å². The molecule has 1 aliphatic rings. The highest BCUT2D eigenvalue weighted by Gasteiger charge is 2.25. The van der Waals surface area contributed by atoms with Gasteiger partial charge in [-0.2, -0.15) is 0 Å². The third-order valence-corrected chi connectivity index (χ3v) is 2.37. The zero-order valence-corrected chi connectivity index (χ0v) is 8.38. The molecule has 0 radical (unpaired) electrons. The molecule has 0 spiro atoms. The van der Waals surface area contributed by atoms with E-state index in [0.717, 1.165) is 26.1 Å². The molecule has 1 atom stereocenters. The van der Waals surface area contributed by atoms with Gasteiger partial charge in [0.15, 0.2) is 0 Å². The van der Waals surface area contributed by atoms with E-state index in [4.69, 9.17) is 4.74 Å². The van der Waals surface area contributed by atoms with Gasteiger partial charge in [0.25, 0.3) is 0 Å². The fourth-order valence-corrected chi connectivity index (χ4v) is 1.69. The van der Waals surface area contributed by atoms with E-state index in [0.29, 0.717) is 12.5 Å². The van der Waals surface area contributed by atoms with Gasteiger partial charge in [-0.15, -0.1) is 0 Å². The van der Waals surface area contributed by atoms with Crippen LogP contribution in [0.4, 0.5) is 0 Å². The van der Waals surface area contributed by atoms with Gasteiger partial charge >= 0.3 is 0 Å². The molecule has 13 heavy (non-hydrogen) atoms. The molecule has 0 aromatic heterocycles. The van der Waals surface area contributed by atoms with Crippen molar-refractivity contribution in [1.82, 2.24) is 10.2 Å². The highest BCUT2D eigenvalue weighted by atomic mass is 16.5. The molecule has 1 N–H and O–H groups in total. The van der Waals surface area contributed by atoms with Crippen LogP contribution in [-0.2, 0) is 9.53 Å². The summed E-state index contributed by atoms with van der Waals surface area (Å²) in [5.74, 6) is 0.729. The predicted octanol–water partition coefficient (Wildman–Crippen LogP) is -0.299. The maximum Gasteiger partial charge on any atom is 0.236 e. The minimum atomic E-state index is 0.195. The average molecular weight is 186 g/mol. The minimum absolute atomic E-state index is 0.195. The lowest BCUT2D eigenvalue weighted by molar-refractivity contribution is -0.129. The Bertz CT molecular complexity index is 173. The van der Waals surface area contributed by atoms with Gasteiger partial charge in [-0.05, 0) is 13.5 Å². The summed E-state index contributed by atoms with van der Waals surface area (Å²) in [7, 11) is 3.50. The summed E-state index contributed by atoms with van der Waals surface area (Å²) in [6, 6.07) is 0. The van der Waals surface area contributed by atoms with Crippen LogP contribution in [-0.4, -0.2) is 51.2 Å². The molecule has 1 saturated heterocycles. The van der Waals surface area contributed by atoms with E-state index in [-0.39, 0.29) is 5.91 Å². The van der Waals surface area contributed by atoms with Crippen molar-refractivity contribution in [3.63, 3.8) is 0 Å². The number of hydrogen-bond donors (Lipinski definition) is 1. The Morgan fingerprint density at radius 3 is 3.08 bits per heavy atom. The van der Waals surface area contributed by atoms with E-state index >= 15 is 0 Å². The third kappa shape index (κ3) is 2.97. The molecule has 0 aromatic rings. The monoisotopic (exact) mass is 186 g/mol. The molecule has 0 saturated carbocycles. The molecule has 0 aliphatic carbocycles. The number of nitrogens with one attached hydrogen (secondary N) is 1. The molecule has 4 heteroatoms. The van der Waals surface area contributed by atoms with Crippen LogP contribution in [0.1, 0.15) is 6.42 Å². The first-order chi connectivity index (χ1) is 6.27. The van der Waals surface area contributed by atoms with Gasteiger partial charge < -0.3 is 15.0 Å². The number of nitrogens with zero attached hydrogens (tertiary/aromatic N) is 1. The summed E-state index contributed by atoms with van der Waals surface area (Å²) in [4.78, 5) is 13.3. The molecular formula is C9H18N2O2. The molecule has 1 fully saturated rings. The SMILES string of the molecule is CNCC(=O)N1CC[C@H](COC)C1. The van der Waals surface area contributed by atoms with Crippen LogP contribution in [0.25, 0.3) is 0 Å². The Morgan fingerprint density at radius 1 is 1.69 bits per heavy atom. The average Bonchev–Trinajstić information content (AvgIpc) is 2.54. The molecule has 4 nitrogen and oxygen atoms in total. The van der Waals surface area contributed by atoms with E-state index in [1.807, 2.05) is 4.90 Å². The largest absolute Gasteiger partial charge is 0.384 e. The Hall–Kier alpha value is -0.610. The van der Waals surface area contributed by atoms with Gasteiger partial charge in [0, 0.05) is 26.1 Å². The van der Waals surface area contributed by atoms with Gasteiger partial charge in [-0.25, -0.2) is 0 Å². The van der Waals surface area contributed by atoms with Gasteiger partial charge in [0.05, 0.1) is 13.2 Å². The van der Waals surface area contributed by atoms with E-state index in [2.05, 4.69) is 5.32 Å². The molecule has 1 aliphatic heterocycles. The molecule has 1 rings (SSSR count). The van der Waals surface area contributed by atoms with E-state index in [1.54, 1.807) is 14.2 Å². The summed E-state index contributed by atoms with van der Waals surface area (Å²) in [5.41, 5.74) is 0. The molecular weight excluding hydrogens is 168 g/mol. The highest BCUT2D eigenvalue weighted by molar-refractivity contribution is 5.78. The van der Waals surface area contributed by atoms with Crippen molar-refractivity contribution in [1.29, 1.82) is 0 Å². The number of likely N-dealkylation sites (tertiary alicyclic amines) is 1. The molecule has 1 heterocycles. The van der Waals surface area contributed by atoms with Crippen molar-refractivity contribution in [3.05, 3.63) is 0 Å². The molecule has 1 amide bonds. The van der Waals surface area contributed by atoms with E-state index in [9.17, 15) is 4.79 Å². The zero-order valence-electron chi connectivity index (χ0n) is 8.38. The molecule has 76 valence electrons. The lowest BCUT2D eigenvalue weighted by Crippen LogP contribution is -2.35. The fraction of sp³-hybridized carbons (Fsp3) is 0.889. The Labute approximate surface area is 79.2 Å². The fourth-order valence-electron chi connectivity index (χ4n) is 1.69. The first kappa shape index (κ1) is 10.5. The highest BCUT2D eigenvalue weighted by Crippen LogP contribution is 2.15. The van der Waals surface area contributed by atoms with Crippen LogP contribution in [0.3, 0.4) is 0 Å². The summed E-state index contributed by atoms with van der Waals surface area (Å²) >= 11 is 0. The third-order valence-electron chi connectivity index (χ3n) is 2.37. The van der Waals surface area contributed by atoms with Crippen molar-refractivity contribution >= 4 is 5.91 Å². The maximum atomic E-state index is 11.4. The maximum absolute atomic E-state index is 11.4. The number of hydrogen-bond acceptors (Lipinski definition) is 3. The topological polar surface area (TPSA) is 41.6 Å². The van der Waals surface area contributed by atoms with Gasteiger partial charge in [0.1, 0.15) is 0 Å². The van der Waals surface area contributed by atoms with Crippen LogP contribution in [0, 0.1) is 5.92 Å². The van der Waals surface area contributed by atoms with Gasteiger partial charge in [0.2, 0.25) is 5.91 Å². The quantitative estimate of drug-likeness (QED) is 0.655. The molecule has 0 unspecified atom stereocenters. The van der Waals surface area contributed by atoms with Gasteiger partial charge in [-0.1, -0.05) is 0 Å². The second kappa shape index (κ2) is 5.19. The second-order valence-electron chi connectivity index (χ2n) is 3.48. The van der Waals surface area contributed by atoms with Crippen LogP contribution >= 0.6 is 0 Å². The van der Waals surface area contributed by atoms with Crippen molar-refractivity contribution < 1.29 is 9.53 Å². The van der Waals surface area contributed by atoms with E-state index < -0.39 is 0 Å². The number of ether oxygens (including phenoxy) is 1. The number of likely N-dealkylation sites (N-methyl/N-ethyl adjacent to an activating group) is 1. The van der Waals surface area contributed by atoms with E-state index in [1.165, 1.54) is 0 Å². The Balaban J connectivity index is 2.27. The van der Waals surface area contributed by atoms with Crippen LogP contribution in [0.2, 0.25) is 0 Å². The number of carbonyl (C=O) groups excluding carboxylic acids is 1. The summed E-state index contributed by atoms with van der Waals surface area (Å²) in [6.45, 7) is 2.95. The van der Waals surface area contributed by atoms with Crippen LogP contribution in [0.15, 0.2) is 0 Å². The Kier molecular flexibility index (Phi) is 4.18. The van der Waals surface area contributed by atoms with Crippen molar-refractivity contribution in [3.8, 4) is 0 Å². The normalized spacial score (nSPS) is 22.3. The predicted molar refractivity (Wildman–Crippen MR) is 50.5 cm³/mol. The minimum Gasteiger partial charge on any atom is -0.384 e. The first-order valence-corrected chi connectivity index (χ1v) is 4.69. The Morgan fingerprint density at radius 2 is 2.46 bits per heavy atom. The standard InChI is InChI=1S/C9H18N2O2/c1-10-5-9(12)11-4-3-8(6-11)7-13-2/h8,10H,3-7H2,1-2H3/t8-/m0/s1. The zero-order chi connectivity index (χ0) is 9.68. The van der Waals surface area contributed by atoms with Crippen LogP contribution < -0.4 is 5.32 Å². The number of amides is 1. The summed E-state index contributed by atoms with van der Waals surface area (Å²) in [6.07, 6.45) is 1.07. The lowest BCUT2D eigenvalue weighted by Gasteiger charge is -2.15. The smallest absolute Gasteiger partial charge is 0.236 e. The number of carbonyl (C=O) groups is 1. The van der Waals surface area contributed by atoms with Crippen molar-refractivity contribution in [2.45, 2.75) is 6.42 Å². The number of rotatable bonds is 4. The van der Waals surface area contributed by atoms with Crippen molar-refractivity contribution in [2.24, 2.45) is 5.92 Å². The molecule has 0 aromatic carbocycles. The molecule has 0 bridgehead atoms. The lowest BCUT2D eigenvalue weighted by atomic mass is 10.1. The number of methoxy groups -OCH3 is 1. The van der Waals surface area contributed by atoms with Crippen molar-refractivity contribution in [2.75, 3.05) is 40.4 Å². The van der Waals surface area contributed by atoms with Crippen LogP contribution in [0.5, 0.6) is 0 Å².